The molecule has 0 aromatic carbocycles. The molecule has 2 N–H and O–H groups in total. The van der Waals surface area contributed by atoms with Crippen molar-refractivity contribution in [3.8, 4) is 0 Å². The molecule has 1 heterocycles. The van der Waals surface area contributed by atoms with E-state index in [2.05, 4.69) is 55.5 Å². The number of halogens is 2. The van der Waals surface area contributed by atoms with Crippen molar-refractivity contribution in [2.45, 2.75) is 19.5 Å². The molecule has 0 amide bonds. The molecule has 0 saturated heterocycles. The Morgan fingerprint density at radius 1 is 1.50 bits per heavy atom. The summed E-state index contributed by atoms with van der Waals surface area (Å²) in [7, 11) is 1.97. The summed E-state index contributed by atoms with van der Waals surface area (Å²) in [5, 5.41) is 6.59. The molecule has 0 bridgehead atoms. The van der Waals surface area contributed by atoms with Crippen molar-refractivity contribution in [2.75, 3.05) is 13.6 Å². The Morgan fingerprint density at radius 2 is 2.21 bits per heavy atom. The van der Waals surface area contributed by atoms with Crippen LogP contribution in [-0.2, 0) is 6.54 Å². The maximum Gasteiger partial charge on any atom is 0.0755 e. The lowest BCUT2D eigenvalue weighted by Gasteiger charge is -2.12. The summed E-state index contributed by atoms with van der Waals surface area (Å²) >= 11 is 8.72. The Bertz CT molecular complexity index is 288. The van der Waals surface area contributed by atoms with E-state index in [0.29, 0.717) is 6.04 Å². The normalized spacial score (nSPS) is 13.1. The van der Waals surface area contributed by atoms with Gasteiger partial charge < -0.3 is 10.6 Å². The zero-order valence-electron chi connectivity index (χ0n) is 8.23. The fourth-order valence-corrected chi connectivity index (χ4v) is 3.98. The van der Waals surface area contributed by atoms with Crippen molar-refractivity contribution in [3.63, 3.8) is 0 Å². The minimum atomic E-state index is 0.491. The Hall–Kier alpha value is 0.580. The molecule has 0 spiro atoms. The van der Waals surface area contributed by atoms with Crippen LogP contribution in [0.1, 0.15) is 12.5 Å². The number of thiophene rings is 1. The first-order valence-electron chi connectivity index (χ1n) is 4.45. The lowest BCUT2D eigenvalue weighted by Crippen LogP contribution is -2.34. The van der Waals surface area contributed by atoms with E-state index < -0.39 is 0 Å². The summed E-state index contributed by atoms with van der Waals surface area (Å²) < 4.78 is 2.37. The van der Waals surface area contributed by atoms with Gasteiger partial charge in [-0.2, -0.15) is 0 Å². The molecule has 80 valence electrons. The third-order valence-corrected chi connectivity index (χ3v) is 4.34. The minimum Gasteiger partial charge on any atom is -0.318 e. The van der Waals surface area contributed by atoms with Crippen molar-refractivity contribution in [2.24, 2.45) is 0 Å². The number of hydrogen-bond donors (Lipinski definition) is 2. The lowest BCUT2D eigenvalue weighted by atomic mass is 10.3. The number of likely N-dealkylation sites (N-methyl/N-ethyl adjacent to an activating group) is 1. The van der Waals surface area contributed by atoms with Crippen LogP contribution >= 0.6 is 43.2 Å². The Balaban J connectivity index is 2.41. The van der Waals surface area contributed by atoms with E-state index in [1.807, 2.05) is 7.05 Å². The Labute approximate surface area is 106 Å². The van der Waals surface area contributed by atoms with Crippen molar-refractivity contribution in [1.29, 1.82) is 0 Å². The summed E-state index contributed by atoms with van der Waals surface area (Å²) in [5.74, 6) is 0. The van der Waals surface area contributed by atoms with Crippen LogP contribution in [0.4, 0.5) is 0 Å². The van der Waals surface area contributed by atoms with E-state index in [-0.39, 0.29) is 0 Å². The first-order chi connectivity index (χ1) is 6.63. The predicted molar refractivity (Wildman–Crippen MR) is 69.9 cm³/mol. The van der Waals surface area contributed by atoms with Gasteiger partial charge in [-0.1, -0.05) is 0 Å². The monoisotopic (exact) mass is 340 g/mol. The molecule has 0 aliphatic rings. The average molecular weight is 342 g/mol. The molecule has 2 nitrogen and oxygen atoms in total. The van der Waals surface area contributed by atoms with Gasteiger partial charge in [0.25, 0.3) is 0 Å². The van der Waals surface area contributed by atoms with Crippen LogP contribution < -0.4 is 10.6 Å². The lowest BCUT2D eigenvalue weighted by molar-refractivity contribution is 0.523. The van der Waals surface area contributed by atoms with Crippen molar-refractivity contribution >= 4 is 43.2 Å². The fraction of sp³-hybridized carbons (Fsp3) is 0.556. The SMILES string of the molecule is CNCC(C)NCc1cc(Br)sc1Br. The number of hydrogen-bond acceptors (Lipinski definition) is 3. The second-order valence-electron chi connectivity index (χ2n) is 3.19. The highest BCUT2D eigenvalue weighted by Crippen LogP contribution is 2.31. The van der Waals surface area contributed by atoms with Crippen LogP contribution in [0.15, 0.2) is 13.6 Å². The molecule has 1 unspecified atom stereocenters. The van der Waals surface area contributed by atoms with Gasteiger partial charge in [0.2, 0.25) is 0 Å². The van der Waals surface area contributed by atoms with Gasteiger partial charge in [0.1, 0.15) is 0 Å². The highest BCUT2D eigenvalue weighted by molar-refractivity contribution is 9.12. The molecular formula is C9H14Br2N2S. The summed E-state index contributed by atoms with van der Waals surface area (Å²) in [6.45, 7) is 4.07. The van der Waals surface area contributed by atoms with E-state index in [4.69, 9.17) is 0 Å². The van der Waals surface area contributed by atoms with E-state index >= 15 is 0 Å². The highest BCUT2D eigenvalue weighted by Gasteiger charge is 2.06. The largest absolute Gasteiger partial charge is 0.318 e. The zero-order chi connectivity index (χ0) is 10.6. The van der Waals surface area contributed by atoms with Gasteiger partial charge in [-0.25, -0.2) is 0 Å². The van der Waals surface area contributed by atoms with Crippen LogP contribution in [0.25, 0.3) is 0 Å². The number of rotatable bonds is 5. The van der Waals surface area contributed by atoms with Crippen LogP contribution in [0.3, 0.4) is 0 Å². The van der Waals surface area contributed by atoms with E-state index in [1.165, 1.54) is 13.1 Å². The van der Waals surface area contributed by atoms with Crippen LogP contribution in [-0.4, -0.2) is 19.6 Å². The third-order valence-electron chi connectivity index (χ3n) is 1.88. The molecule has 1 rings (SSSR count). The first-order valence-corrected chi connectivity index (χ1v) is 6.85. The Kier molecular flexibility index (Phi) is 5.62. The molecular weight excluding hydrogens is 328 g/mol. The van der Waals surface area contributed by atoms with Crippen LogP contribution in [0.2, 0.25) is 0 Å². The van der Waals surface area contributed by atoms with Gasteiger partial charge in [0, 0.05) is 19.1 Å². The molecule has 0 radical (unpaired) electrons. The van der Waals surface area contributed by atoms with E-state index in [9.17, 15) is 0 Å². The van der Waals surface area contributed by atoms with Crippen molar-refractivity contribution in [3.05, 3.63) is 19.2 Å². The minimum absolute atomic E-state index is 0.491. The maximum absolute atomic E-state index is 3.54. The quantitative estimate of drug-likeness (QED) is 0.860. The van der Waals surface area contributed by atoms with Gasteiger partial charge in [-0.05, 0) is 57.5 Å². The summed E-state index contributed by atoms with van der Waals surface area (Å²) in [4.78, 5) is 0. The van der Waals surface area contributed by atoms with E-state index in [0.717, 1.165) is 13.1 Å². The average Bonchev–Trinajstić information content (AvgIpc) is 2.42. The molecule has 1 aromatic rings. The molecule has 0 aliphatic carbocycles. The van der Waals surface area contributed by atoms with Crippen molar-refractivity contribution in [1.82, 2.24) is 10.6 Å². The van der Waals surface area contributed by atoms with Crippen LogP contribution in [0, 0.1) is 0 Å². The van der Waals surface area contributed by atoms with Crippen LogP contribution in [0.5, 0.6) is 0 Å². The number of nitrogens with one attached hydrogen (secondary N) is 2. The smallest absolute Gasteiger partial charge is 0.0755 e. The van der Waals surface area contributed by atoms with Gasteiger partial charge in [-0.3, -0.25) is 0 Å². The summed E-state index contributed by atoms with van der Waals surface area (Å²) in [5.41, 5.74) is 1.31. The van der Waals surface area contributed by atoms with Gasteiger partial charge >= 0.3 is 0 Å². The highest BCUT2D eigenvalue weighted by atomic mass is 79.9. The van der Waals surface area contributed by atoms with E-state index in [1.54, 1.807) is 11.3 Å². The topological polar surface area (TPSA) is 24.1 Å². The molecule has 1 aromatic heterocycles. The molecule has 0 aliphatic heterocycles. The Morgan fingerprint density at radius 3 is 2.71 bits per heavy atom. The zero-order valence-corrected chi connectivity index (χ0v) is 12.2. The standard InChI is InChI=1S/C9H14Br2N2S/c1-6(4-12-2)13-5-7-3-8(10)14-9(7)11/h3,6,12-13H,4-5H2,1-2H3. The second-order valence-corrected chi connectivity index (χ2v) is 6.94. The fourth-order valence-electron chi connectivity index (χ4n) is 1.16. The molecule has 5 heteroatoms. The molecule has 14 heavy (non-hydrogen) atoms. The van der Waals surface area contributed by atoms with Crippen molar-refractivity contribution < 1.29 is 0 Å². The second kappa shape index (κ2) is 6.23. The third kappa shape index (κ3) is 3.98. The maximum atomic E-state index is 3.54. The van der Waals surface area contributed by atoms with Gasteiger partial charge in [-0.15, -0.1) is 11.3 Å². The molecule has 0 saturated carbocycles. The molecule has 1 atom stereocenters. The summed E-state index contributed by atoms with van der Waals surface area (Å²) in [6.07, 6.45) is 0. The molecule has 0 fully saturated rings. The first kappa shape index (κ1) is 12.6. The van der Waals surface area contributed by atoms with Gasteiger partial charge in [0.05, 0.1) is 7.57 Å². The summed E-state index contributed by atoms with van der Waals surface area (Å²) in [6, 6.07) is 2.64. The van der Waals surface area contributed by atoms with Gasteiger partial charge in [0.15, 0.2) is 0 Å². The predicted octanol–water partition coefficient (Wildman–Crippen LogP) is 2.97.